The Morgan fingerprint density at radius 1 is 0.650 bits per heavy atom. The molecule has 1 rings (SSSR count). The Balaban J connectivity index is 0.00000354. The van der Waals surface area contributed by atoms with Crippen molar-refractivity contribution < 1.29 is 23.0 Å². The molecule has 1 N–H and O–H groups in total. The number of phosphoric acid groups is 1. The van der Waals surface area contributed by atoms with Gasteiger partial charge in [0.2, 0.25) is 0 Å². The first-order valence-corrected chi connectivity index (χ1v) is 17.5. The molecule has 1 aromatic rings. The van der Waals surface area contributed by atoms with Gasteiger partial charge >= 0.3 is 7.82 Å². The number of unbranched alkanes of at least 4 members (excludes halogenated alkanes) is 15. The average Bonchev–Trinajstić information content (AvgIpc) is 2.85. The van der Waals surface area contributed by atoms with Crippen LogP contribution in [0, 0.1) is 6.92 Å². The molecule has 1 aromatic carbocycles. The van der Waals surface area contributed by atoms with Crippen molar-refractivity contribution in [3.63, 3.8) is 0 Å². The van der Waals surface area contributed by atoms with Crippen LogP contribution in [0.25, 0.3) is 0 Å². The number of quaternary nitrogens is 1. The Hall–Kier alpha value is -0.750. The van der Waals surface area contributed by atoms with Gasteiger partial charge in [-0.15, -0.1) is 0 Å². The van der Waals surface area contributed by atoms with E-state index in [4.69, 9.17) is 9.05 Å². The van der Waals surface area contributed by atoms with Gasteiger partial charge in [0.25, 0.3) is 0 Å². The molecule has 0 aliphatic rings. The van der Waals surface area contributed by atoms with Crippen molar-refractivity contribution in [2.75, 3.05) is 62.0 Å². The highest BCUT2D eigenvalue weighted by atomic mass is 31.2. The van der Waals surface area contributed by atoms with Crippen molar-refractivity contribution in [3.8, 4) is 0 Å². The van der Waals surface area contributed by atoms with Crippen molar-refractivity contribution in [2.24, 2.45) is 0 Å². The SMILES string of the molecule is CN(C)C.Cc1ccc(CCCCCCCCCCCCCCCCCCOP(=O)(O)OCC[N+](C)(C)C)cc1. The van der Waals surface area contributed by atoms with E-state index in [1.54, 1.807) is 0 Å². The van der Waals surface area contributed by atoms with Gasteiger partial charge in [-0.2, -0.15) is 0 Å². The molecule has 0 bridgehead atoms. The van der Waals surface area contributed by atoms with Gasteiger partial charge in [0, 0.05) is 0 Å². The third-order valence-corrected chi connectivity index (χ3v) is 7.77. The Kier molecular flexibility index (Phi) is 24.3. The van der Waals surface area contributed by atoms with E-state index in [0.717, 1.165) is 12.8 Å². The minimum Gasteiger partial charge on any atom is -0.329 e. The van der Waals surface area contributed by atoms with E-state index in [2.05, 4.69) is 31.2 Å². The molecule has 0 spiro atoms. The van der Waals surface area contributed by atoms with E-state index in [1.807, 2.05) is 47.2 Å². The number of phosphoric ester groups is 1. The van der Waals surface area contributed by atoms with Crippen molar-refractivity contribution in [1.29, 1.82) is 0 Å². The summed E-state index contributed by atoms with van der Waals surface area (Å²) in [5.74, 6) is 0. The summed E-state index contributed by atoms with van der Waals surface area (Å²) in [7, 11) is 8.16. The van der Waals surface area contributed by atoms with E-state index in [1.165, 1.54) is 107 Å². The van der Waals surface area contributed by atoms with Gasteiger partial charge < -0.3 is 14.3 Å². The molecular formula is C33H66N2O4P+. The third kappa shape index (κ3) is 30.2. The van der Waals surface area contributed by atoms with E-state index in [9.17, 15) is 9.46 Å². The van der Waals surface area contributed by atoms with Crippen LogP contribution in [0.15, 0.2) is 24.3 Å². The minimum atomic E-state index is -3.89. The van der Waals surface area contributed by atoms with Crippen molar-refractivity contribution in [2.45, 2.75) is 116 Å². The van der Waals surface area contributed by atoms with Crippen LogP contribution in [-0.4, -0.2) is 76.3 Å². The summed E-state index contributed by atoms with van der Waals surface area (Å²) in [5, 5.41) is 0. The molecule has 0 aliphatic heterocycles. The fraction of sp³-hybridized carbons (Fsp3) is 0.818. The number of likely N-dealkylation sites (N-methyl/N-ethyl adjacent to an activating group) is 1. The van der Waals surface area contributed by atoms with Crippen LogP contribution in [-0.2, 0) is 20.0 Å². The monoisotopic (exact) mass is 585 g/mol. The number of nitrogens with zero attached hydrogens (tertiary/aromatic N) is 2. The largest absolute Gasteiger partial charge is 0.472 e. The van der Waals surface area contributed by atoms with E-state index in [0.29, 0.717) is 17.6 Å². The molecule has 236 valence electrons. The lowest BCUT2D eigenvalue weighted by Crippen LogP contribution is -2.37. The Bertz CT molecular complexity index is 732. The molecule has 0 radical (unpaired) electrons. The summed E-state index contributed by atoms with van der Waals surface area (Å²) < 4.78 is 22.6. The highest BCUT2D eigenvalue weighted by molar-refractivity contribution is 7.47. The zero-order valence-corrected chi connectivity index (χ0v) is 28.4. The molecule has 7 heteroatoms. The minimum absolute atomic E-state index is 0.229. The standard InChI is InChI=1S/C30H56NO4P.C3H9N/c1-29-22-24-30(25-23-29)21-19-17-15-13-11-9-7-5-6-8-10-12-14-16-18-20-27-34-36(32,33)35-28-26-31(2,3)4;1-4(2)3/h22-25H,5-21,26-28H2,1-4H3;1-3H3/p+1. The van der Waals surface area contributed by atoms with Gasteiger partial charge in [0.05, 0.1) is 27.7 Å². The van der Waals surface area contributed by atoms with Crippen molar-refractivity contribution in [3.05, 3.63) is 35.4 Å². The molecule has 0 aromatic heterocycles. The molecule has 0 heterocycles. The summed E-state index contributed by atoms with van der Waals surface area (Å²) in [6, 6.07) is 8.99. The zero-order valence-electron chi connectivity index (χ0n) is 27.5. The molecule has 0 aliphatic carbocycles. The zero-order chi connectivity index (χ0) is 30.1. The van der Waals surface area contributed by atoms with Crippen LogP contribution in [0.4, 0.5) is 0 Å². The number of benzene rings is 1. The maximum Gasteiger partial charge on any atom is 0.472 e. The van der Waals surface area contributed by atoms with Crippen LogP contribution in [0.1, 0.15) is 114 Å². The number of hydrogen-bond donors (Lipinski definition) is 1. The molecule has 0 saturated heterocycles. The molecule has 6 nitrogen and oxygen atoms in total. The van der Waals surface area contributed by atoms with Crippen LogP contribution < -0.4 is 0 Å². The van der Waals surface area contributed by atoms with Gasteiger partial charge in [-0.25, -0.2) is 4.57 Å². The van der Waals surface area contributed by atoms with Gasteiger partial charge in [-0.3, -0.25) is 9.05 Å². The second-order valence-corrected chi connectivity index (χ2v) is 14.3. The number of aryl methyl sites for hydroxylation is 2. The van der Waals surface area contributed by atoms with Crippen LogP contribution in [0.3, 0.4) is 0 Å². The highest BCUT2D eigenvalue weighted by Crippen LogP contribution is 2.43. The van der Waals surface area contributed by atoms with Gasteiger partial charge in [0.1, 0.15) is 13.2 Å². The first kappa shape index (κ1) is 39.2. The molecular weight excluding hydrogens is 519 g/mol. The first-order valence-electron chi connectivity index (χ1n) is 16.0. The first-order chi connectivity index (χ1) is 18.9. The average molecular weight is 586 g/mol. The Morgan fingerprint density at radius 2 is 1.00 bits per heavy atom. The Labute approximate surface area is 249 Å². The van der Waals surface area contributed by atoms with E-state index < -0.39 is 7.82 Å². The molecule has 1 unspecified atom stereocenters. The number of hydrogen-bond acceptors (Lipinski definition) is 4. The van der Waals surface area contributed by atoms with Gasteiger partial charge in [-0.05, 0) is 52.9 Å². The van der Waals surface area contributed by atoms with Crippen LogP contribution in [0.5, 0.6) is 0 Å². The Morgan fingerprint density at radius 3 is 1.40 bits per heavy atom. The molecule has 1 atom stereocenters. The van der Waals surface area contributed by atoms with Crippen LogP contribution in [0.2, 0.25) is 0 Å². The smallest absolute Gasteiger partial charge is 0.329 e. The molecule has 0 saturated carbocycles. The van der Waals surface area contributed by atoms with Crippen molar-refractivity contribution >= 4 is 7.82 Å². The van der Waals surface area contributed by atoms with E-state index in [-0.39, 0.29) is 6.61 Å². The summed E-state index contributed by atoms with van der Waals surface area (Å²) in [4.78, 5) is 11.7. The lowest BCUT2D eigenvalue weighted by atomic mass is 10.0. The highest BCUT2D eigenvalue weighted by Gasteiger charge is 2.21. The predicted octanol–water partition coefficient (Wildman–Crippen LogP) is 8.80. The van der Waals surface area contributed by atoms with E-state index >= 15 is 0 Å². The predicted molar refractivity (Wildman–Crippen MR) is 173 cm³/mol. The maximum absolute atomic E-state index is 11.8. The summed E-state index contributed by atoms with van der Waals surface area (Å²) >= 11 is 0. The quantitative estimate of drug-likeness (QED) is 0.0746. The lowest BCUT2D eigenvalue weighted by molar-refractivity contribution is -0.870. The van der Waals surface area contributed by atoms with Gasteiger partial charge in [0.15, 0.2) is 0 Å². The molecule has 40 heavy (non-hydrogen) atoms. The summed E-state index contributed by atoms with van der Waals surface area (Å²) in [5.41, 5.74) is 2.84. The number of rotatable bonds is 24. The van der Waals surface area contributed by atoms with Crippen LogP contribution >= 0.6 is 7.82 Å². The topological polar surface area (TPSA) is 59.0 Å². The third-order valence-electron chi connectivity index (χ3n) is 6.75. The summed E-state index contributed by atoms with van der Waals surface area (Å²) in [6.07, 6.45) is 22.0. The fourth-order valence-corrected chi connectivity index (χ4v) is 5.05. The maximum atomic E-state index is 11.8. The van der Waals surface area contributed by atoms with Gasteiger partial charge in [-0.1, -0.05) is 120 Å². The lowest BCUT2D eigenvalue weighted by Gasteiger charge is -2.24. The van der Waals surface area contributed by atoms with Crippen molar-refractivity contribution in [1.82, 2.24) is 4.90 Å². The second kappa shape index (κ2) is 24.8. The molecule has 0 fully saturated rings. The molecule has 0 amide bonds. The normalized spacial score (nSPS) is 13.2. The fourth-order valence-electron chi connectivity index (χ4n) is 4.31. The second-order valence-electron chi connectivity index (χ2n) is 12.9. The summed E-state index contributed by atoms with van der Waals surface area (Å²) in [6.45, 7) is 3.35.